The lowest BCUT2D eigenvalue weighted by atomic mass is 9.96. The molecule has 3 amide bonds. The molecule has 0 bridgehead atoms. The molecule has 1 aliphatic heterocycles. The summed E-state index contributed by atoms with van der Waals surface area (Å²) < 4.78 is 5.48. The van der Waals surface area contributed by atoms with E-state index in [1.165, 1.54) is 21.0 Å². The molecule has 0 aromatic heterocycles. The summed E-state index contributed by atoms with van der Waals surface area (Å²) in [5, 5.41) is 19.6. The second kappa shape index (κ2) is 12.7. The van der Waals surface area contributed by atoms with Gasteiger partial charge >= 0.3 is 0 Å². The van der Waals surface area contributed by atoms with E-state index in [0.29, 0.717) is 29.7 Å². The van der Waals surface area contributed by atoms with E-state index in [2.05, 4.69) is 11.8 Å². The van der Waals surface area contributed by atoms with E-state index in [-0.39, 0.29) is 12.2 Å². The van der Waals surface area contributed by atoms with Gasteiger partial charge in [0.2, 0.25) is 0 Å². The molecule has 1 heterocycles. The highest BCUT2D eigenvalue weighted by Gasteiger charge is 2.48. The van der Waals surface area contributed by atoms with Gasteiger partial charge in [-0.2, -0.15) is 0 Å². The van der Waals surface area contributed by atoms with Crippen molar-refractivity contribution >= 4 is 17.7 Å². The van der Waals surface area contributed by atoms with E-state index in [1.807, 2.05) is 0 Å². The van der Waals surface area contributed by atoms with Gasteiger partial charge in [0.25, 0.3) is 17.7 Å². The van der Waals surface area contributed by atoms with Gasteiger partial charge in [-0.3, -0.25) is 14.4 Å². The summed E-state index contributed by atoms with van der Waals surface area (Å²) in [7, 11) is 2.69. The van der Waals surface area contributed by atoms with Gasteiger partial charge in [0, 0.05) is 43.8 Å². The first kappa shape index (κ1) is 28.8. The average molecular weight is 524 g/mol. The maximum atomic E-state index is 13.2. The number of ether oxygens (including phenoxy) is 1. The van der Waals surface area contributed by atoms with Crippen molar-refractivity contribution in [2.75, 3.05) is 27.3 Å². The molecule has 1 saturated heterocycles. The third-order valence-electron chi connectivity index (χ3n) is 6.52. The van der Waals surface area contributed by atoms with E-state index in [9.17, 15) is 19.5 Å². The van der Waals surface area contributed by atoms with Crippen molar-refractivity contribution in [1.82, 2.24) is 9.96 Å². The zero-order valence-electron chi connectivity index (χ0n) is 21.7. The Morgan fingerprint density at radius 2 is 1.66 bits per heavy atom. The normalized spacial score (nSPS) is 17.3. The highest BCUT2D eigenvalue weighted by atomic mass is 16.8. The average Bonchev–Trinajstić information content (AvgIpc) is 2.94. The zero-order chi connectivity index (χ0) is 27.9. The predicted molar refractivity (Wildman–Crippen MR) is 138 cm³/mol. The molecule has 2 aromatic carbocycles. The Kier molecular flexibility index (Phi) is 9.61. The molecule has 4 N–H and O–H groups in total. The van der Waals surface area contributed by atoms with Crippen molar-refractivity contribution in [1.29, 1.82) is 0 Å². The van der Waals surface area contributed by atoms with E-state index in [1.54, 1.807) is 48.5 Å². The molecule has 1 fully saturated rings. The highest BCUT2D eigenvalue weighted by molar-refractivity contribution is 6.12. The second-order valence-corrected chi connectivity index (χ2v) is 9.15. The Bertz CT molecular complexity index is 1200. The Labute approximate surface area is 221 Å². The summed E-state index contributed by atoms with van der Waals surface area (Å²) in [5.41, 5.74) is 5.77. The number of carbonyl (C=O) groups excluding carboxylic acids is 3. The van der Waals surface area contributed by atoms with Gasteiger partial charge in [0.05, 0.1) is 6.61 Å². The first-order valence-corrected chi connectivity index (χ1v) is 12.2. The number of likely N-dealkylation sites (N-methyl/N-ethyl adjacent to an activating group) is 2. The van der Waals surface area contributed by atoms with Crippen molar-refractivity contribution in [3.63, 3.8) is 0 Å². The molecule has 38 heavy (non-hydrogen) atoms. The molecule has 0 radical (unpaired) electrons. The molecule has 3 atom stereocenters. The molecule has 0 aliphatic carbocycles. The van der Waals surface area contributed by atoms with Crippen LogP contribution in [0.2, 0.25) is 0 Å². The van der Waals surface area contributed by atoms with Crippen LogP contribution in [0.15, 0.2) is 48.5 Å². The fraction of sp³-hybridized carbons (Fsp3) is 0.393. The standard InChI is InChI=1S/C28H33N3O7/c1-28(26(29)35,27(36)31(3)38-24-6-4-5-17-37-24)30(2)25(34)22-15-11-20(12-16-22)8-7-19-9-13-21(14-10-19)23(33)18-32/h9-16,23-24,32-33H,4-6,17-18H2,1-3H3,(H2,29,35). The summed E-state index contributed by atoms with van der Waals surface area (Å²) in [5.74, 6) is 3.60. The number of hydrogen-bond acceptors (Lipinski definition) is 7. The van der Waals surface area contributed by atoms with Crippen LogP contribution in [-0.4, -0.2) is 77.0 Å². The van der Waals surface area contributed by atoms with Gasteiger partial charge < -0.3 is 25.6 Å². The lowest BCUT2D eigenvalue weighted by Crippen LogP contribution is -2.64. The SMILES string of the molecule is CN(OC1CCCCO1)C(=O)C(C)(C(N)=O)N(C)C(=O)c1ccc(C#Cc2ccc(C(O)CO)cc2)cc1. The molecule has 3 unspecified atom stereocenters. The first-order chi connectivity index (χ1) is 18.1. The Morgan fingerprint density at radius 3 is 2.16 bits per heavy atom. The van der Waals surface area contributed by atoms with Crippen molar-refractivity contribution in [3.05, 3.63) is 70.8 Å². The summed E-state index contributed by atoms with van der Waals surface area (Å²) in [6.07, 6.45) is 0.842. The monoisotopic (exact) mass is 523 g/mol. The molecular formula is C28H33N3O7. The fourth-order valence-electron chi connectivity index (χ4n) is 3.87. The van der Waals surface area contributed by atoms with Crippen molar-refractivity contribution in [3.8, 4) is 11.8 Å². The van der Waals surface area contributed by atoms with Crippen LogP contribution in [0, 0.1) is 11.8 Å². The van der Waals surface area contributed by atoms with Crippen LogP contribution in [0.1, 0.15) is 59.3 Å². The molecule has 3 rings (SSSR count). The fourth-order valence-corrected chi connectivity index (χ4v) is 3.87. The summed E-state index contributed by atoms with van der Waals surface area (Å²) in [6.45, 7) is 1.43. The van der Waals surface area contributed by atoms with E-state index < -0.39 is 35.7 Å². The molecule has 1 aliphatic rings. The largest absolute Gasteiger partial charge is 0.393 e. The van der Waals surface area contributed by atoms with Crippen molar-refractivity contribution in [2.24, 2.45) is 5.73 Å². The number of hydrogen-bond donors (Lipinski definition) is 3. The van der Waals surface area contributed by atoms with Gasteiger partial charge in [-0.15, -0.1) is 0 Å². The molecular weight excluding hydrogens is 490 g/mol. The van der Waals surface area contributed by atoms with Crippen molar-refractivity contribution < 1.29 is 34.2 Å². The number of carbonyl (C=O) groups is 3. The van der Waals surface area contributed by atoms with Gasteiger partial charge in [0.1, 0.15) is 6.10 Å². The number of nitrogens with zero attached hydrogens (tertiary/aromatic N) is 2. The lowest BCUT2D eigenvalue weighted by molar-refractivity contribution is -0.274. The third kappa shape index (κ3) is 6.57. The van der Waals surface area contributed by atoms with Gasteiger partial charge in [-0.05, 0) is 61.7 Å². The van der Waals surface area contributed by atoms with Crippen LogP contribution in [0.25, 0.3) is 0 Å². The minimum atomic E-state index is -2.01. The number of benzene rings is 2. The number of amides is 3. The van der Waals surface area contributed by atoms with Crippen LogP contribution in [0.4, 0.5) is 0 Å². The minimum absolute atomic E-state index is 0.236. The maximum Gasteiger partial charge on any atom is 0.281 e. The van der Waals surface area contributed by atoms with Gasteiger partial charge in [-0.25, -0.2) is 9.90 Å². The Hall–Kier alpha value is -3.75. The summed E-state index contributed by atoms with van der Waals surface area (Å²) >= 11 is 0. The smallest absolute Gasteiger partial charge is 0.281 e. The number of hydroxylamine groups is 2. The van der Waals surface area contributed by atoms with E-state index in [4.69, 9.17) is 20.4 Å². The van der Waals surface area contributed by atoms with Crippen LogP contribution >= 0.6 is 0 Å². The molecule has 10 heteroatoms. The van der Waals surface area contributed by atoms with E-state index >= 15 is 0 Å². The molecule has 202 valence electrons. The molecule has 10 nitrogen and oxygen atoms in total. The zero-order valence-corrected chi connectivity index (χ0v) is 21.7. The number of aliphatic hydroxyl groups excluding tert-OH is 2. The lowest BCUT2D eigenvalue weighted by Gasteiger charge is -2.38. The van der Waals surface area contributed by atoms with Gasteiger partial charge in [-0.1, -0.05) is 24.0 Å². The maximum absolute atomic E-state index is 13.2. The molecule has 2 aromatic rings. The third-order valence-corrected chi connectivity index (χ3v) is 6.52. The first-order valence-electron chi connectivity index (χ1n) is 12.2. The summed E-state index contributed by atoms with van der Waals surface area (Å²) in [6, 6.07) is 13.2. The van der Waals surface area contributed by atoms with Gasteiger partial charge in [0.15, 0.2) is 11.8 Å². The number of aliphatic hydroxyl groups is 2. The number of primary amides is 1. The quantitative estimate of drug-likeness (QED) is 0.269. The number of rotatable bonds is 8. The van der Waals surface area contributed by atoms with Crippen LogP contribution in [-0.2, 0) is 19.2 Å². The minimum Gasteiger partial charge on any atom is -0.393 e. The number of nitrogens with two attached hydrogens (primary N) is 1. The Morgan fingerprint density at radius 1 is 1.08 bits per heavy atom. The van der Waals surface area contributed by atoms with Crippen LogP contribution in [0.5, 0.6) is 0 Å². The second-order valence-electron chi connectivity index (χ2n) is 9.15. The topological polar surface area (TPSA) is 143 Å². The summed E-state index contributed by atoms with van der Waals surface area (Å²) in [4.78, 5) is 45.4. The van der Waals surface area contributed by atoms with Crippen molar-refractivity contribution in [2.45, 2.75) is 44.1 Å². The van der Waals surface area contributed by atoms with E-state index in [0.717, 1.165) is 22.8 Å². The Balaban J connectivity index is 1.71. The van der Waals surface area contributed by atoms with Crippen LogP contribution in [0.3, 0.4) is 0 Å². The molecule has 0 saturated carbocycles. The molecule has 0 spiro atoms. The predicted octanol–water partition coefficient (Wildman–Crippen LogP) is 1.34. The van der Waals surface area contributed by atoms with Crippen LogP contribution < -0.4 is 5.73 Å². The highest BCUT2D eigenvalue weighted by Crippen LogP contribution is 2.22.